The van der Waals surface area contributed by atoms with Crippen molar-refractivity contribution in [2.75, 3.05) is 0 Å². The lowest BCUT2D eigenvalue weighted by Crippen LogP contribution is -2.17. The second-order valence-electron chi connectivity index (χ2n) is 5.04. The minimum atomic E-state index is 0.747. The van der Waals surface area contributed by atoms with Gasteiger partial charge in [0.25, 0.3) is 0 Å². The van der Waals surface area contributed by atoms with Gasteiger partial charge in [0.15, 0.2) is 3.95 Å². The van der Waals surface area contributed by atoms with Gasteiger partial charge in [0.1, 0.15) is 0 Å². The molecule has 0 saturated carbocycles. The number of H-pyrrole nitrogens is 1. The number of benzene rings is 1. The lowest BCUT2D eigenvalue weighted by molar-refractivity contribution is 1.30. The third-order valence-electron chi connectivity index (χ3n) is 3.51. The Morgan fingerprint density at radius 3 is 2.78 bits per heavy atom. The molecule has 1 aromatic carbocycles. The topological polar surface area (TPSA) is 28.7 Å². The number of thiazole rings is 1. The van der Waals surface area contributed by atoms with Crippen LogP contribution >= 0.6 is 23.6 Å². The number of rotatable bonds is 3. The van der Waals surface area contributed by atoms with Crippen LogP contribution in [0.1, 0.15) is 12.6 Å². The number of allylic oxidation sites excluding steroid dienone is 4. The first-order valence-electron chi connectivity index (χ1n) is 7.25. The average Bonchev–Trinajstić information content (AvgIpc) is 2.89. The third-order valence-corrected chi connectivity index (χ3v) is 4.76. The molecule has 3 rings (SSSR count). The standard InChI is InChI=1S/C19H16N2S2/c1-3-14(9-6-10-18-13(2)21-19(22)23-18)17-11-15-7-4-5-8-16(15)12-20-17/h3-12H,2H2,1H3,(H,21,22)/b9-6+,14-3+,18-10-. The normalized spacial score (nSPS) is 13.3. The van der Waals surface area contributed by atoms with Crippen molar-refractivity contribution in [1.82, 2.24) is 9.97 Å². The maximum Gasteiger partial charge on any atom is 0.159 e. The summed E-state index contributed by atoms with van der Waals surface area (Å²) in [7, 11) is 0. The fourth-order valence-corrected chi connectivity index (χ4v) is 3.40. The second kappa shape index (κ2) is 6.86. The Hall–Kier alpha value is -2.30. The Kier molecular flexibility index (Phi) is 4.65. The molecule has 3 aromatic rings. The van der Waals surface area contributed by atoms with Crippen LogP contribution in [-0.2, 0) is 0 Å². The molecule has 0 aliphatic rings. The minimum Gasteiger partial charge on any atom is -0.337 e. The van der Waals surface area contributed by atoms with E-state index in [1.54, 1.807) is 0 Å². The average molecular weight is 336 g/mol. The van der Waals surface area contributed by atoms with Crippen molar-refractivity contribution in [3.63, 3.8) is 0 Å². The van der Waals surface area contributed by atoms with Crippen molar-refractivity contribution in [1.29, 1.82) is 0 Å². The van der Waals surface area contributed by atoms with Crippen LogP contribution in [0.25, 0.3) is 29.0 Å². The summed E-state index contributed by atoms with van der Waals surface area (Å²) >= 11 is 6.65. The zero-order valence-electron chi connectivity index (χ0n) is 12.7. The molecule has 2 nitrogen and oxygen atoms in total. The molecule has 2 aromatic heterocycles. The summed E-state index contributed by atoms with van der Waals surface area (Å²) < 4.78 is 1.80. The van der Waals surface area contributed by atoms with Crippen molar-refractivity contribution >= 4 is 52.6 Å². The molecule has 0 amide bonds. The highest BCUT2D eigenvalue weighted by atomic mass is 32.1. The summed E-state index contributed by atoms with van der Waals surface area (Å²) in [5.41, 5.74) is 2.05. The predicted molar refractivity (Wildman–Crippen MR) is 103 cm³/mol. The summed E-state index contributed by atoms with van der Waals surface area (Å²) in [5.74, 6) is 0. The van der Waals surface area contributed by atoms with E-state index < -0.39 is 0 Å². The van der Waals surface area contributed by atoms with Crippen LogP contribution in [0, 0.1) is 3.95 Å². The predicted octanol–water partition coefficient (Wildman–Crippen LogP) is 4.20. The number of aromatic amines is 1. The maximum absolute atomic E-state index is 5.12. The quantitative estimate of drug-likeness (QED) is 0.573. The fourth-order valence-electron chi connectivity index (χ4n) is 2.32. The summed E-state index contributed by atoms with van der Waals surface area (Å²) in [6.45, 7) is 5.97. The largest absolute Gasteiger partial charge is 0.337 e. The molecule has 0 radical (unpaired) electrons. The van der Waals surface area contributed by atoms with Gasteiger partial charge >= 0.3 is 0 Å². The van der Waals surface area contributed by atoms with Gasteiger partial charge in [0, 0.05) is 16.9 Å². The van der Waals surface area contributed by atoms with E-state index in [-0.39, 0.29) is 0 Å². The molecule has 0 bridgehead atoms. The molecular formula is C19H16N2S2. The van der Waals surface area contributed by atoms with Crippen molar-refractivity contribution in [3.05, 3.63) is 74.3 Å². The SMILES string of the molecule is C=c1[nH]c(=S)s\c1=C/C=C/C(=C\C)c1cc2ccccc2cn1. The molecule has 0 atom stereocenters. The molecule has 0 aliphatic heterocycles. The number of nitrogens with one attached hydrogen (secondary N) is 1. The van der Waals surface area contributed by atoms with E-state index in [4.69, 9.17) is 12.2 Å². The molecular weight excluding hydrogens is 320 g/mol. The van der Waals surface area contributed by atoms with Gasteiger partial charge in [-0.05, 0) is 42.2 Å². The first-order valence-corrected chi connectivity index (χ1v) is 8.48. The number of hydrogen-bond donors (Lipinski definition) is 1. The van der Waals surface area contributed by atoms with Gasteiger partial charge in [-0.15, -0.1) is 11.3 Å². The number of fused-ring (bicyclic) bond motifs is 1. The highest BCUT2D eigenvalue weighted by molar-refractivity contribution is 7.73. The van der Waals surface area contributed by atoms with Gasteiger partial charge < -0.3 is 4.98 Å². The molecule has 23 heavy (non-hydrogen) atoms. The summed E-state index contributed by atoms with van der Waals surface area (Å²) in [6.07, 6.45) is 10.1. The first-order chi connectivity index (χ1) is 11.2. The molecule has 0 unspecified atom stereocenters. The van der Waals surface area contributed by atoms with Crippen molar-refractivity contribution < 1.29 is 0 Å². The third kappa shape index (κ3) is 3.55. The maximum atomic E-state index is 5.12. The van der Waals surface area contributed by atoms with E-state index in [2.05, 4.69) is 46.9 Å². The minimum absolute atomic E-state index is 0.747. The van der Waals surface area contributed by atoms with E-state index in [0.29, 0.717) is 0 Å². The van der Waals surface area contributed by atoms with Crippen LogP contribution in [0.15, 0.2) is 54.8 Å². The fraction of sp³-hybridized carbons (Fsp3) is 0.0526. The number of nitrogens with zero attached hydrogens (tertiary/aromatic N) is 1. The Labute approximate surface area is 143 Å². The van der Waals surface area contributed by atoms with Gasteiger partial charge in [-0.25, -0.2) is 0 Å². The van der Waals surface area contributed by atoms with Crippen LogP contribution in [0.3, 0.4) is 0 Å². The van der Waals surface area contributed by atoms with E-state index in [0.717, 1.165) is 30.5 Å². The van der Waals surface area contributed by atoms with Gasteiger partial charge in [-0.1, -0.05) is 49.1 Å². The van der Waals surface area contributed by atoms with Gasteiger partial charge in [-0.3, -0.25) is 4.98 Å². The number of aromatic nitrogens is 2. The zero-order chi connectivity index (χ0) is 16.2. The van der Waals surface area contributed by atoms with Crippen LogP contribution in [-0.4, -0.2) is 9.97 Å². The van der Waals surface area contributed by atoms with Crippen molar-refractivity contribution in [3.8, 4) is 0 Å². The van der Waals surface area contributed by atoms with Crippen molar-refractivity contribution in [2.24, 2.45) is 0 Å². The van der Waals surface area contributed by atoms with Crippen molar-refractivity contribution in [2.45, 2.75) is 6.92 Å². The van der Waals surface area contributed by atoms with Gasteiger partial charge in [0.2, 0.25) is 0 Å². The van der Waals surface area contributed by atoms with Crippen LogP contribution in [0.4, 0.5) is 0 Å². The van der Waals surface area contributed by atoms with Crippen LogP contribution < -0.4 is 9.88 Å². The van der Waals surface area contributed by atoms with Crippen LogP contribution in [0.2, 0.25) is 0 Å². The Morgan fingerprint density at radius 1 is 1.30 bits per heavy atom. The lowest BCUT2D eigenvalue weighted by atomic mass is 10.1. The molecule has 0 fully saturated rings. The van der Waals surface area contributed by atoms with Crippen LogP contribution in [0.5, 0.6) is 0 Å². The molecule has 0 spiro atoms. The van der Waals surface area contributed by atoms with Gasteiger partial charge in [0.05, 0.1) is 10.2 Å². The summed E-state index contributed by atoms with van der Waals surface area (Å²) in [5, 5.41) is 3.20. The van der Waals surface area contributed by atoms with E-state index in [1.165, 1.54) is 16.7 Å². The Bertz CT molecular complexity index is 1070. The molecule has 4 heteroatoms. The lowest BCUT2D eigenvalue weighted by Gasteiger charge is -2.03. The zero-order valence-corrected chi connectivity index (χ0v) is 14.4. The monoisotopic (exact) mass is 336 g/mol. The second-order valence-corrected chi connectivity index (χ2v) is 6.76. The molecule has 114 valence electrons. The molecule has 0 saturated heterocycles. The molecule has 0 aliphatic carbocycles. The number of hydrogen-bond acceptors (Lipinski definition) is 3. The smallest absolute Gasteiger partial charge is 0.159 e. The van der Waals surface area contributed by atoms with E-state index >= 15 is 0 Å². The summed E-state index contributed by atoms with van der Waals surface area (Å²) in [4.78, 5) is 7.60. The summed E-state index contributed by atoms with van der Waals surface area (Å²) in [6, 6.07) is 10.4. The first kappa shape index (κ1) is 15.6. The highest BCUT2D eigenvalue weighted by Gasteiger charge is 2.00. The highest BCUT2D eigenvalue weighted by Crippen LogP contribution is 2.19. The number of pyridine rings is 1. The molecule has 2 heterocycles. The molecule has 1 N–H and O–H groups in total. The van der Waals surface area contributed by atoms with Gasteiger partial charge in [-0.2, -0.15) is 0 Å². The Balaban J connectivity index is 1.94. The van der Waals surface area contributed by atoms with E-state index in [1.807, 2.05) is 37.4 Å². The Morgan fingerprint density at radius 2 is 2.09 bits per heavy atom. The van der Waals surface area contributed by atoms with E-state index in [9.17, 15) is 0 Å².